The van der Waals surface area contributed by atoms with Gasteiger partial charge >= 0.3 is 0 Å². The average Bonchev–Trinajstić information content (AvgIpc) is 2.08. The molecule has 0 unspecified atom stereocenters. The van der Waals surface area contributed by atoms with Crippen molar-refractivity contribution in [3.8, 4) is 0 Å². The number of nitrogens with one attached hydrogen (secondary N) is 2. The van der Waals surface area contributed by atoms with Crippen LogP contribution in [0.25, 0.3) is 0 Å². The molecule has 0 aromatic heterocycles. The van der Waals surface area contributed by atoms with Gasteiger partial charge in [-0.1, -0.05) is 24.4 Å². The van der Waals surface area contributed by atoms with Crippen molar-refractivity contribution in [2.24, 2.45) is 23.4 Å². The summed E-state index contributed by atoms with van der Waals surface area (Å²) < 4.78 is 0. The zero-order valence-electron chi connectivity index (χ0n) is 5.28. The molecule has 0 spiro atoms. The van der Waals surface area contributed by atoms with Gasteiger partial charge < -0.3 is 10.9 Å². The van der Waals surface area contributed by atoms with Crippen LogP contribution >= 0.6 is 24.4 Å². The van der Waals surface area contributed by atoms with Crippen molar-refractivity contribution in [2.75, 3.05) is 0 Å². The van der Waals surface area contributed by atoms with E-state index >= 15 is 0 Å². The number of hydrogen-bond donors (Lipinski definition) is 6. The van der Waals surface area contributed by atoms with Crippen LogP contribution in [0.2, 0.25) is 0 Å². The third-order valence-electron chi connectivity index (χ3n) is 0.136. The van der Waals surface area contributed by atoms with Gasteiger partial charge in [0.25, 0.3) is 0 Å². The molecule has 0 atom stereocenters. The molecule has 0 radical (unpaired) electrons. The first-order valence-electron chi connectivity index (χ1n) is 1.96. The monoisotopic (exact) mass is 184 g/mol. The molecule has 0 saturated carbocycles. The summed E-state index contributed by atoms with van der Waals surface area (Å²) in [6, 6.07) is 0. The van der Waals surface area contributed by atoms with E-state index in [1.807, 2.05) is 0 Å². The van der Waals surface area contributed by atoms with Crippen LogP contribution in [0.3, 0.4) is 0 Å². The summed E-state index contributed by atoms with van der Waals surface area (Å²) in [4.78, 5) is 0. The second kappa shape index (κ2) is 38.2. The van der Waals surface area contributed by atoms with Crippen LogP contribution in [0.4, 0.5) is 0 Å². The highest BCUT2D eigenvalue weighted by atomic mass is 32.1. The van der Waals surface area contributed by atoms with Crippen LogP contribution in [-0.2, 0) is 0 Å². The van der Waals surface area contributed by atoms with Crippen LogP contribution in [-0.4, -0.2) is 11.0 Å². The second-order valence-corrected chi connectivity index (χ2v) is 1.04. The maximum absolute atomic E-state index is 4.62. The summed E-state index contributed by atoms with van der Waals surface area (Å²) in [7, 11) is 0. The fourth-order valence-electron chi connectivity index (χ4n) is 0. The van der Waals surface area contributed by atoms with E-state index in [1.54, 1.807) is 0 Å². The highest BCUT2D eigenvalue weighted by Crippen LogP contribution is 1.24. The fraction of sp³-hybridized carbons (Fsp3) is 0. The number of hydrazine groups is 3. The highest BCUT2D eigenvalue weighted by molar-refractivity contribution is 7.79. The van der Waals surface area contributed by atoms with Gasteiger partial charge in [-0.25, -0.2) is 0 Å². The molecule has 0 bridgehead atoms. The third kappa shape index (κ3) is 127. The Bertz CT molecular complexity index is 49.7. The minimum atomic E-state index is 1.24. The molecule has 0 aromatic carbocycles. The molecule has 62 valence electrons. The Balaban J connectivity index is -0.0000000787. The lowest BCUT2D eigenvalue weighted by molar-refractivity contribution is 1.07. The molecule has 0 saturated heterocycles. The van der Waals surface area contributed by atoms with Crippen molar-refractivity contribution in [3.63, 3.8) is 0 Å². The summed E-state index contributed by atoms with van der Waals surface area (Å²) in [5.74, 6) is 17.2. The third-order valence-corrected chi connectivity index (χ3v) is 0.408. The number of nitrogens with two attached hydrogens (primary N) is 4. The number of rotatable bonds is 2. The van der Waals surface area contributed by atoms with Gasteiger partial charge in [-0.2, -0.15) is 0 Å². The lowest BCUT2D eigenvalue weighted by Gasteiger charge is -1.70. The molecule has 0 aliphatic rings. The van der Waals surface area contributed by atoms with E-state index in [-0.39, 0.29) is 0 Å². The van der Waals surface area contributed by atoms with E-state index in [1.165, 1.54) is 11.0 Å². The van der Waals surface area contributed by atoms with E-state index < -0.39 is 0 Å². The Morgan fingerprint density at radius 2 is 1.00 bits per heavy atom. The van der Waals surface area contributed by atoms with Gasteiger partial charge in [-0.05, 0) is 0 Å². The Labute approximate surface area is 70.2 Å². The lowest BCUT2D eigenvalue weighted by Crippen LogP contribution is -2.17. The Morgan fingerprint density at radius 1 is 0.900 bits per heavy atom. The normalized spacial score (nSPS) is 4.80. The van der Waals surface area contributed by atoms with Gasteiger partial charge in [0.05, 0.1) is 11.0 Å². The molecule has 10 N–H and O–H groups in total. The van der Waals surface area contributed by atoms with E-state index in [2.05, 4.69) is 58.7 Å². The Hall–Kier alpha value is -0.380. The predicted octanol–water partition coefficient (Wildman–Crippen LogP) is -2.37. The smallest absolute Gasteiger partial charge is 0.0755 e. The van der Waals surface area contributed by atoms with Gasteiger partial charge in [0.15, 0.2) is 0 Å². The van der Waals surface area contributed by atoms with Crippen LogP contribution in [0.1, 0.15) is 0 Å². The van der Waals surface area contributed by atoms with Gasteiger partial charge in [0, 0.05) is 0 Å². The fourth-order valence-corrected chi connectivity index (χ4v) is 0. The molecule has 0 rings (SSSR count). The van der Waals surface area contributed by atoms with Crippen LogP contribution < -0.4 is 34.2 Å². The van der Waals surface area contributed by atoms with E-state index in [0.717, 1.165) is 0 Å². The topological polar surface area (TPSA) is 128 Å². The van der Waals surface area contributed by atoms with Crippen molar-refractivity contribution < 1.29 is 0 Å². The molecular formula is C2H12N6S2. The first kappa shape index (κ1) is 16.3. The largest absolute Gasteiger partial charge is 0.321 e. The zero-order chi connectivity index (χ0) is 8.83. The standard InChI is InChI=1S/2CH4N2S.H4N2/c2*2-3-1-4;1-2/h2*1H,2H2,(H,3,4);1-2H2. The second-order valence-electron chi connectivity index (χ2n) is 0.569. The molecule has 0 heterocycles. The summed E-state index contributed by atoms with van der Waals surface area (Å²) in [5.41, 5.74) is 6.71. The quantitative estimate of drug-likeness (QED) is 0.160. The van der Waals surface area contributed by atoms with Crippen LogP contribution in [0.15, 0.2) is 0 Å². The maximum atomic E-state index is 4.62. The minimum Gasteiger partial charge on any atom is -0.321 e. The van der Waals surface area contributed by atoms with Gasteiger partial charge in [-0.15, -0.1) is 0 Å². The highest BCUT2D eigenvalue weighted by Gasteiger charge is 1.37. The zero-order valence-corrected chi connectivity index (χ0v) is 6.91. The van der Waals surface area contributed by atoms with E-state index in [4.69, 9.17) is 0 Å². The SMILES string of the molecule is NN.NNC=S.NNC=S. The molecule has 0 aliphatic carbocycles. The van der Waals surface area contributed by atoms with Crippen molar-refractivity contribution >= 4 is 35.4 Å². The van der Waals surface area contributed by atoms with Crippen molar-refractivity contribution in [2.45, 2.75) is 0 Å². The number of hydrogen-bond acceptors (Lipinski definition) is 6. The maximum Gasteiger partial charge on any atom is 0.0755 e. The molecule has 8 heteroatoms. The lowest BCUT2D eigenvalue weighted by atomic mass is 11.5. The first-order chi connectivity index (χ1) is 4.83. The van der Waals surface area contributed by atoms with Crippen LogP contribution in [0, 0.1) is 0 Å². The molecule has 0 aromatic rings. The average molecular weight is 184 g/mol. The van der Waals surface area contributed by atoms with Crippen molar-refractivity contribution in [3.05, 3.63) is 0 Å². The number of thiocarbonyl (C=S) groups is 2. The Morgan fingerprint density at radius 3 is 1.00 bits per heavy atom. The molecule has 0 fully saturated rings. The van der Waals surface area contributed by atoms with Gasteiger partial charge in [0.1, 0.15) is 0 Å². The van der Waals surface area contributed by atoms with Gasteiger partial charge in [0.2, 0.25) is 0 Å². The minimum absolute atomic E-state index is 1.24. The van der Waals surface area contributed by atoms with Gasteiger partial charge in [-0.3, -0.25) is 23.4 Å². The predicted molar refractivity (Wildman–Crippen MR) is 50.3 cm³/mol. The molecule has 6 nitrogen and oxygen atoms in total. The summed E-state index contributed by atoms with van der Waals surface area (Å²) in [6.45, 7) is 0. The van der Waals surface area contributed by atoms with Crippen LogP contribution in [0.5, 0.6) is 0 Å². The van der Waals surface area contributed by atoms with E-state index in [9.17, 15) is 0 Å². The first-order valence-corrected chi connectivity index (χ1v) is 2.90. The van der Waals surface area contributed by atoms with Crippen molar-refractivity contribution in [1.82, 2.24) is 10.9 Å². The summed E-state index contributed by atoms with van der Waals surface area (Å²) in [6.07, 6.45) is 0. The Kier molecular flexibility index (Phi) is 62.3. The van der Waals surface area contributed by atoms with E-state index in [0.29, 0.717) is 0 Å². The molecule has 0 aliphatic heterocycles. The summed E-state index contributed by atoms with van der Waals surface area (Å²) >= 11 is 8.38. The van der Waals surface area contributed by atoms with Crippen molar-refractivity contribution in [1.29, 1.82) is 0 Å². The molecule has 10 heavy (non-hydrogen) atoms. The molecule has 0 amide bonds. The molecular weight excluding hydrogens is 172 g/mol. The summed E-state index contributed by atoms with van der Waals surface area (Å²) in [5, 5.41) is 0.